The van der Waals surface area contributed by atoms with Crippen LogP contribution >= 0.6 is 11.6 Å². The van der Waals surface area contributed by atoms with E-state index < -0.39 is 23.3 Å². The molecule has 0 unspecified atom stereocenters. The van der Waals surface area contributed by atoms with Gasteiger partial charge in [-0.1, -0.05) is 11.6 Å². The monoisotopic (exact) mass is 380 g/mol. The van der Waals surface area contributed by atoms with Gasteiger partial charge in [0.1, 0.15) is 16.6 Å². The zero-order chi connectivity index (χ0) is 19.3. The summed E-state index contributed by atoms with van der Waals surface area (Å²) in [4.78, 5) is 12.1. The average Bonchev–Trinajstić information content (AvgIpc) is 3.03. The van der Waals surface area contributed by atoms with Gasteiger partial charge < -0.3 is 19.8 Å². The van der Waals surface area contributed by atoms with E-state index in [1.54, 1.807) is 13.8 Å². The van der Waals surface area contributed by atoms with E-state index in [1.807, 2.05) is 0 Å². The molecule has 0 saturated heterocycles. The summed E-state index contributed by atoms with van der Waals surface area (Å²) < 4.78 is 35.2. The summed E-state index contributed by atoms with van der Waals surface area (Å²) in [5.74, 6) is -3.84. The number of aryl methyl sites for hydroxylation is 2. The molecule has 3 N–H and O–H groups in total. The molecule has 26 heavy (non-hydrogen) atoms. The Hall–Kier alpha value is -2.80. The predicted octanol–water partition coefficient (Wildman–Crippen LogP) is 4.31. The van der Waals surface area contributed by atoms with Gasteiger partial charge in [-0.2, -0.15) is 4.39 Å². The van der Waals surface area contributed by atoms with Crippen LogP contribution in [0.5, 0.6) is 5.75 Å². The molecule has 8 heteroatoms. The Bertz CT molecular complexity index is 1030. The first-order chi connectivity index (χ1) is 12.2. The van der Waals surface area contributed by atoms with E-state index in [1.165, 1.54) is 23.9 Å². The highest BCUT2D eigenvalue weighted by Gasteiger charge is 2.30. The molecule has 3 aromatic rings. The van der Waals surface area contributed by atoms with Crippen LogP contribution in [0.15, 0.2) is 22.8 Å². The summed E-state index contributed by atoms with van der Waals surface area (Å²) in [6.45, 7) is 3.42. The number of rotatable bonds is 3. The number of phenols is 1. The highest BCUT2D eigenvalue weighted by molar-refractivity contribution is 6.34. The Morgan fingerprint density at radius 3 is 2.38 bits per heavy atom. The lowest BCUT2D eigenvalue weighted by Crippen LogP contribution is -2.16. The summed E-state index contributed by atoms with van der Waals surface area (Å²) in [5, 5.41) is 9.39. The highest BCUT2D eigenvalue weighted by atomic mass is 35.5. The van der Waals surface area contributed by atoms with Gasteiger partial charge in [-0.25, -0.2) is 4.39 Å². The summed E-state index contributed by atoms with van der Waals surface area (Å²) in [5.41, 5.74) is 6.87. The van der Waals surface area contributed by atoms with Crippen molar-refractivity contribution in [1.29, 1.82) is 0 Å². The first-order valence-electron chi connectivity index (χ1n) is 7.57. The van der Waals surface area contributed by atoms with E-state index >= 15 is 0 Å². The third kappa shape index (κ3) is 2.47. The summed E-state index contributed by atoms with van der Waals surface area (Å²) in [6.07, 6.45) is 1.48. The maximum atomic E-state index is 14.6. The van der Waals surface area contributed by atoms with Gasteiger partial charge in [-0.3, -0.25) is 4.79 Å². The lowest BCUT2D eigenvalue weighted by molar-refractivity contribution is 0.0993. The number of halogens is 3. The lowest BCUT2D eigenvalue weighted by atomic mass is 9.94. The molecule has 1 amide bonds. The molecule has 3 rings (SSSR count). The minimum absolute atomic E-state index is 0.00205. The molecule has 0 saturated carbocycles. The Balaban J connectivity index is 2.50. The van der Waals surface area contributed by atoms with Crippen LogP contribution in [0.4, 0.5) is 8.78 Å². The van der Waals surface area contributed by atoms with E-state index in [9.17, 15) is 18.7 Å². The number of nitrogens with two attached hydrogens (primary N) is 1. The second-order valence-electron chi connectivity index (χ2n) is 5.92. The van der Waals surface area contributed by atoms with E-state index in [4.69, 9.17) is 21.8 Å². The number of hydrogen-bond acceptors (Lipinski definition) is 3. The fourth-order valence-corrected chi connectivity index (χ4v) is 3.39. The molecule has 0 fully saturated rings. The Morgan fingerprint density at radius 1 is 1.19 bits per heavy atom. The number of benzene rings is 1. The highest BCUT2D eigenvalue weighted by Crippen LogP contribution is 2.46. The summed E-state index contributed by atoms with van der Waals surface area (Å²) in [6, 6.07) is 2.20. The summed E-state index contributed by atoms with van der Waals surface area (Å²) >= 11 is 6.36. The van der Waals surface area contributed by atoms with Gasteiger partial charge in [0.25, 0.3) is 5.91 Å². The van der Waals surface area contributed by atoms with Crippen molar-refractivity contribution < 1.29 is 23.1 Å². The molecule has 0 spiro atoms. The largest absolute Gasteiger partial charge is 0.505 e. The van der Waals surface area contributed by atoms with Crippen molar-refractivity contribution >= 4 is 17.5 Å². The first kappa shape index (κ1) is 18.0. The molecule has 0 radical (unpaired) electrons. The fourth-order valence-electron chi connectivity index (χ4n) is 3.11. The quantitative estimate of drug-likeness (QED) is 0.710. The molecule has 0 aliphatic carbocycles. The van der Waals surface area contributed by atoms with Crippen LogP contribution in [-0.4, -0.2) is 15.6 Å². The van der Waals surface area contributed by atoms with Crippen molar-refractivity contribution in [2.45, 2.75) is 13.8 Å². The van der Waals surface area contributed by atoms with Crippen LogP contribution in [-0.2, 0) is 7.05 Å². The molecular weight excluding hydrogens is 366 g/mol. The zero-order valence-electron chi connectivity index (χ0n) is 14.2. The third-order valence-electron chi connectivity index (χ3n) is 4.30. The van der Waals surface area contributed by atoms with Crippen molar-refractivity contribution in [2.75, 3.05) is 0 Å². The van der Waals surface area contributed by atoms with E-state index in [0.717, 1.165) is 6.07 Å². The molecule has 0 atom stereocenters. The molecule has 2 aromatic heterocycles. The number of aromatic hydroxyl groups is 1. The SMILES string of the molecule is Cc1coc(C)c1-c1c(-c2ccc(O)c(F)c2F)c(Cl)n(C)c1C(N)=O. The van der Waals surface area contributed by atoms with Crippen LogP contribution < -0.4 is 5.73 Å². The van der Waals surface area contributed by atoms with Crippen LogP contribution in [0.2, 0.25) is 5.15 Å². The minimum Gasteiger partial charge on any atom is -0.505 e. The van der Waals surface area contributed by atoms with Crippen molar-refractivity contribution in [3.8, 4) is 28.0 Å². The average molecular weight is 381 g/mol. The standard InChI is InChI=1S/C18H15ClF2N2O3/c1-7-6-26-8(2)11(7)13-12(17(19)23(3)16(13)18(22)25)9-4-5-10(24)15(21)14(9)20/h4-6,24H,1-3H3,(H2,22,25). The number of carbonyl (C=O) groups is 1. The number of hydrogen-bond donors (Lipinski definition) is 2. The van der Waals surface area contributed by atoms with Gasteiger partial charge in [-0.05, 0) is 31.5 Å². The smallest absolute Gasteiger partial charge is 0.266 e. The van der Waals surface area contributed by atoms with Crippen LogP contribution in [0.25, 0.3) is 22.3 Å². The molecule has 0 bridgehead atoms. The second kappa shape index (κ2) is 6.17. The number of carbonyl (C=O) groups excluding carboxylic acids is 1. The van der Waals surface area contributed by atoms with E-state index in [2.05, 4.69) is 0 Å². The number of furan rings is 1. The number of nitrogens with zero attached hydrogens (tertiary/aromatic N) is 1. The first-order valence-corrected chi connectivity index (χ1v) is 7.94. The maximum absolute atomic E-state index is 14.6. The molecule has 1 aromatic carbocycles. The molecule has 0 aliphatic rings. The molecular formula is C18H15ClF2N2O3. The molecule has 136 valence electrons. The van der Waals surface area contributed by atoms with E-state index in [-0.39, 0.29) is 27.5 Å². The van der Waals surface area contributed by atoms with Crippen LogP contribution in [0.3, 0.4) is 0 Å². The van der Waals surface area contributed by atoms with Gasteiger partial charge in [0.05, 0.1) is 6.26 Å². The predicted molar refractivity (Wildman–Crippen MR) is 93.1 cm³/mol. The van der Waals surface area contributed by atoms with Crippen molar-refractivity contribution in [3.05, 3.63) is 52.2 Å². The zero-order valence-corrected chi connectivity index (χ0v) is 14.9. The van der Waals surface area contributed by atoms with Gasteiger partial charge in [-0.15, -0.1) is 0 Å². The molecule has 0 aliphatic heterocycles. The third-order valence-corrected chi connectivity index (χ3v) is 4.74. The van der Waals surface area contributed by atoms with Crippen molar-refractivity contribution in [2.24, 2.45) is 12.8 Å². The van der Waals surface area contributed by atoms with Crippen LogP contribution in [0, 0.1) is 25.5 Å². The second-order valence-corrected chi connectivity index (χ2v) is 6.28. The minimum atomic E-state index is -1.41. The number of phenolic OH excluding ortho intramolecular Hbond substituents is 1. The normalized spacial score (nSPS) is 11.2. The van der Waals surface area contributed by atoms with Crippen molar-refractivity contribution in [1.82, 2.24) is 4.57 Å². The van der Waals surface area contributed by atoms with Gasteiger partial charge in [0.2, 0.25) is 5.82 Å². The maximum Gasteiger partial charge on any atom is 0.266 e. The summed E-state index contributed by atoms with van der Waals surface area (Å²) in [7, 11) is 1.49. The Labute approximate surface area is 152 Å². The van der Waals surface area contributed by atoms with Gasteiger partial charge >= 0.3 is 0 Å². The fraction of sp³-hybridized carbons (Fsp3) is 0.167. The molecule has 2 heterocycles. The van der Waals surface area contributed by atoms with Gasteiger partial charge in [0, 0.05) is 29.3 Å². The number of primary amides is 1. The van der Waals surface area contributed by atoms with Gasteiger partial charge in [0.15, 0.2) is 11.6 Å². The van der Waals surface area contributed by atoms with Crippen molar-refractivity contribution in [3.63, 3.8) is 0 Å². The number of aromatic nitrogens is 1. The lowest BCUT2D eigenvalue weighted by Gasteiger charge is -2.09. The number of amides is 1. The topological polar surface area (TPSA) is 81.4 Å². The Morgan fingerprint density at radius 2 is 1.85 bits per heavy atom. The molecule has 5 nitrogen and oxygen atoms in total. The van der Waals surface area contributed by atoms with Crippen LogP contribution in [0.1, 0.15) is 21.8 Å². The Kier molecular flexibility index (Phi) is 4.28. The van der Waals surface area contributed by atoms with E-state index in [0.29, 0.717) is 16.9 Å².